The molecule has 106 valence electrons. The third kappa shape index (κ3) is 2.81. The van der Waals surface area contributed by atoms with E-state index in [1.54, 1.807) is 11.3 Å². The highest BCUT2D eigenvalue weighted by Crippen LogP contribution is 2.28. The summed E-state index contributed by atoms with van der Waals surface area (Å²) in [5, 5.41) is 3.29. The van der Waals surface area contributed by atoms with E-state index in [9.17, 15) is 4.79 Å². The maximum atomic E-state index is 12.6. The number of carbonyl (C=O) groups is 1. The van der Waals surface area contributed by atoms with Crippen LogP contribution in [0.25, 0.3) is 10.1 Å². The van der Waals surface area contributed by atoms with E-state index in [4.69, 9.17) is 0 Å². The molecule has 3 heteroatoms. The van der Waals surface area contributed by atoms with Crippen molar-refractivity contribution in [3.63, 3.8) is 0 Å². The van der Waals surface area contributed by atoms with Crippen molar-refractivity contribution in [3.05, 3.63) is 68.5 Å². The van der Waals surface area contributed by atoms with Crippen LogP contribution in [-0.2, 0) is 6.42 Å². The molecule has 0 saturated carbocycles. The van der Waals surface area contributed by atoms with Crippen molar-refractivity contribution in [2.75, 3.05) is 0 Å². The summed E-state index contributed by atoms with van der Waals surface area (Å²) in [6.07, 6.45) is 0.463. The summed E-state index contributed by atoms with van der Waals surface area (Å²) in [4.78, 5) is 12.6. The fraction of sp³-hybridized carbons (Fsp3) is 0.167. The molecular weight excluding hydrogens is 344 g/mol. The normalized spacial score (nSPS) is 11.0. The van der Waals surface area contributed by atoms with Gasteiger partial charge in [0.25, 0.3) is 0 Å². The summed E-state index contributed by atoms with van der Waals surface area (Å²) in [7, 11) is 0. The molecule has 0 aliphatic heterocycles. The van der Waals surface area contributed by atoms with Crippen LogP contribution in [0.1, 0.15) is 27.0 Å². The Hall–Kier alpha value is -1.45. The molecule has 1 heterocycles. The lowest BCUT2D eigenvalue weighted by atomic mass is 9.99. The Bertz CT molecular complexity index is 809. The van der Waals surface area contributed by atoms with Crippen molar-refractivity contribution in [1.29, 1.82) is 0 Å². The summed E-state index contributed by atoms with van der Waals surface area (Å²) in [5.74, 6) is 0.178. The van der Waals surface area contributed by atoms with Gasteiger partial charge in [0, 0.05) is 21.2 Å². The van der Waals surface area contributed by atoms with Gasteiger partial charge in [0.2, 0.25) is 0 Å². The lowest BCUT2D eigenvalue weighted by Crippen LogP contribution is -2.04. The molecule has 1 nitrogen and oxygen atoms in total. The maximum absolute atomic E-state index is 12.6. The molecule has 0 amide bonds. The molecule has 0 aliphatic carbocycles. The van der Waals surface area contributed by atoms with E-state index in [1.807, 2.05) is 38.1 Å². The van der Waals surface area contributed by atoms with Gasteiger partial charge in [0.15, 0.2) is 5.78 Å². The molecule has 3 aromatic rings. The first-order chi connectivity index (χ1) is 10.1. The average Bonchev–Trinajstić information content (AvgIpc) is 2.87. The molecule has 0 bridgehead atoms. The molecule has 0 unspecified atom stereocenters. The summed E-state index contributed by atoms with van der Waals surface area (Å²) in [6.45, 7) is 4.04. The van der Waals surface area contributed by atoms with Crippen molar-refractivity contribution < 1.29 is 4.79 Å². The second-order valence-corrected chi connectivity index (χ2v) is 6.99. The van der Waals surface area contributed by atoms with Crippen LogP contribution in [-0.4, -0.2) is 5.78 Å². The van der Waals surface area contributed by atoms with Gasteiger partial charge in [-0.05, 0) is 59.5 Å². The first-order valence-electron chi connectivity index (χ1n) is 6.81. The second kappa shape index (κ2) is 5.74. The SMILES string of the molecule is Cc1cc(C(=O)Cc2csc3ccccc23)cc(C)c1Br. The monoisotopic (exact) mass is 358 g/mol. The van der Waals surface area contributed by atoms with Crippen molar-refractivity contribution >= 4 is 43.1 Å². The minimum atomic E-state index is 0.178. The third-order valence-electron chi connectivity index (χ3n) is 3.67. The first kappa shape index (κ1) is 14.5. The Kier molecular flexibility index (Phi) is 3.96. The molecule has 0 atom stereocenters. The van der Waals surface area contributed by atoms with E-state index in [1.165, 1.54) is 10.1 Å². The largest absolute Gasteiger partial charge is 0.294 e. The van der Waals surface area contributed by atoms with Gasteiger partial charge in [-0.1, -0.05) is 34.1 Å². The number of Topliss-reactive ketones (excluding diaryl/α,β-unsaturated/α-hetero) is 1. The zero-order valence-corrected chi connectivity index (χ0v) is 14.3. The highest BCUT2D eigenvalue weighted by atomic mass is 79.9. The molecule has 0 aliphatic rings. The van der Waals surface area contributed by atoms with Crippen LogP contribution in [0, 0.1) is 13.8 Å². The summed E-state index contributed by atoms with van der Waals surface area (Å²) in [6, 6.07) is 12.2. The summed E-state index contributed by atoms with van der Waals surface area (Å²) in [5.41, 5.74) is 4.13. The predicted molar refractivity (Wildman–Crippen MR) is 93.5 cm³/mol. The number of ketones is 1. The van der Waals surface area contributed by atoms with Crippen LogP contribution < -0.4 is 0 Å². The highest BCUT2D eigenvalue weighted by Gasteiger charge is 2.13. The Labute approximate surface area is 136 Å². The van der Waals surface area contributed by atoms with Gasteiger partial charge < -0.3 is 0 Å². The van der Waals surface area contributed by atoms with Gasteiger partial charge in [-0.2, -0.15) is 0 Å². The number of thiophene rings is 1. The average molecular weight is 359 g/mol. The van der Waals surface area contributed by atoms with E-state index < -0.39 is 0 Å². The fourth-order valence-electron chi connectivity index (χ4n) is 2.55. The van der Waals surface area contributed by atoms with Gasteiger partial charge in [-0.3, -0.25) is 4.79 Å². The number of hydrogen-bond donors (Lipinski definition) is 0. The maximum Gasteiger partial charge on any atom is 0.167 e. The van der Waals surface area contributed by atoms with Crippen LogP contribution in [0.2, 0.25) is 0 Å². The Balaban J connectivity index is 1.93. The molecule has 0 N–H and O–H groups in total. The second-order valence-electron chi connectivity index (χ2n) is 5.28. The van der Waals surface area contributed by atoms with E-state index in [0.717, 1.165) is 26.7 Å². The minimum Gasteiger partial charge on any atom is -0.294 e. The number of rotatable bonds is 3. The van der Waals surface area contributed by atoms with Gasteiger partial charge in [0.1, 0.15) is 0 Å². The van der Waals surface area contributed by atoms with E-state index in [-0.39, 0.29) is 5.78 Å². The smallest absolute Gasteiger partial charge is 0.167 e. The lowest BCUT2D eigenvalue weighted by Gasteiger charge is -2.07. The molecule has 0 fully saturated rings. The fourth-order valence-corrected chi connectivity index (χ4v) is 3.74. The molecular formula is C18H15BrOS. The first-order valence-corrected chi connectivity index (χ1v) is 8.48. The van der Waals surface area contributed by atoms with Crippen LogP contribution in [0.5, 0.6) is 0 Å². The number of fused-ring (bicyclic) bond motifs is 1. The van der Waals surface area contributed by atoms with Crippen LogP contribution in [0.4, 0.5) is 0 Å². The Morgan fingerprint density at radius 2 is 1.81 bits per heavy atom. The van der Waals surface area contributed by atoms with Gasteiger partial charge in [0.05, 0.1) is 0 Å². The van der Waals surface area contributed by atoms with Crippen molar-refractivity contribution in [2.45, 2.75) is 20.3 Å². The molecule has 0 spiro atoms. The van der Waals surface area contributed by atoms with Crippen LogP contribution in [0.15, 0.2) is 46.3 Å². The topological polar surface area (TPSA) is 17.1 Å². The zero-order chi connectivity index (χ0) is 15.0. The quantitative estimate of drug-likeness (QED) is 0.548. The minimum absolute atomic E-state index is 0.178. The molecule has 1 aromatic heterocycles. The number of carbonyl (C=O) groups excluding carboxylic acids is 1. The molecule has 2 aromatic carbocycles. The predicted octanol–water partition coefficient (Wildman–Crippen LogP) is 5.71. The molecule has 0 radical (unpaired) electrons. The molecule has 0 saturated heterocycles. The van der Waals surface area contributed by atoms with Crippen molar-refractivity contribution in [2.24, 2.45) is 0 Å². The van der Waals surface area contributed by atoms with Gasteiger partial charge >= 0.3 is 0 Å². The van der Waals surface area contributed by atoms with Crippen LogP contribution >= 0.6 is 27.3 Å². The Morgan fingerprint density at radius 3 is 2.52 bits per heavy atom. The number of hydrogen-bond acceptors (Lipinski definition) is 2. The van der Waals surface area contributed by atoms with Crippen molar-refractivity contribution in [1.82, 2.24) is 0 Å². The van der Waals surface area contributed by atoms with Gasteiger partial charge in [-0.25, -0.2) is 0 Å². The Morgan fingerprint density at radius 1 is 1.14 bits per heavy atom. The van der Waals surface area contributed by atoms with Gasteiger partial charge in [-0.15, -0.1) is 11.3 Å². The molecule has 3 rings (SSSR count). The molecule has 21 heavy (non-hydrogen) atoms. The van der Waals surface area contributed by atoms with E-state index in [0.29, 0.717) is 6.42 Å². The number of halogens is 1. The zero-order valence-electron chi connectivity index (χ0n) is 11.9. The number of benzene rings is 2. The number of aryl methyl sites for hydroxylation is 2. The standard InChI is InChI=1S/C18H15BrOS/c1-11-7-13(8-12(2)18(11)19)16(20)9-14-10-21-17-6-4-3-5-15(14)17/h3-8,10H,9H2,1-2H3. The highest BCUT2D eigenvalue weighted by molar-refractivity contribution is 9.10. The summed E-state index contributed by atoms with van der Waals surface area (Å²) < 4.78 is 2.32. The van der Waals surface area contributed by atoms with Crippen LogP contribution in [0.3, 0.4) is 0 Å². The summed E-state index contributed by atoms with van der Waals surface area (Å²) >= 11 is 5.25. The van der Waals surface area contributed by atoms with E-state index >= 15 is 0 Å². The van der Waals surface area contributed by atoms with E-state index in [2.05, 4.69) is 33.4 Å². The van der Waals surface area contributed by atoms with Crippen molar-refractivity contribution in [3.8, 4) is 0 Å². The lowest BCUT2D eigenvalue weighted by molar-refractivity contribution is 0.0993. The third-order valence-corrected chi connectivity index (χ3v) is 5.93.